The van der Waals surface area contributed by atoms with Crippen molar-refractivity contribution in [3.63, 3.8) is 0 Å². The molecule has 0 aliphatic heterocycles. The van der Waals surface area contributed by atoms with Gasteiger partial charge in [0, 0.05) is 42.2 Å². The van der Waals surface area contributed by atoms with Crippen molar-refractivity contribution in [3.8, 4) is 0 Å². The lowest BCUT2D eigenvalue weighted by atomic mass is 10.1. The highest BCUT2D eigenvalue weighted by molar-refractivity contribution is 6.04. The van der Waals surface area contributed by atoms with Crippen LogP contribution in [0.15, 0.2) is 103 Å². The van der Waals surface area contributed by atoms with E-state index in [0.717, 1.165) is 28.2 Å². The van der Waals surface area contributed by atoms with Crippen LogP contribution in [0.25, 0.3) is 0 Å². The molecule has 0 saturated carbocycles. The minimum atomic E-state index is -0.181. The number of para-hydroxylation sites is 1. The van der Waals surface area contributed by atoms with Crippen molar-refractivity contribution in [1.82, 2.24) is 10.3 Å². The fourth-order valence-corrected chi connectivity index (χ4v) is 3.10. The molecular weight excluding hydrogens is 410 g/mol. The van der Waals surface area contributed by atoms with Crippen LogP contribution >= 0.6 is 0 Å². The first kappa shape index (κ1) is 23.5. The van der Waals surface area contributed by atoms with E-state index in [0.29, 0.717) is 12.1 Å². The molecule has 1 unspecified atom stereocenters. The van der Waals surface area contributed by atoms with Gasteiger partial charge in [-0.2, -0.15) is 0 Å². The van der Waals surface area contributed by atoms with Crippen LogP contribution in [0.5, 0.6) is 0 Å². The number of benzene rings is 2. The van der Waals surface area contributed by atoms with Crippen molar-refractivity contribution in [1.29, 1.82) is 0 Å². The van der Waals surface area contributed by atoms with Crippen molar-refractivity contribution in [2.75, 3.05) is 17.2 Å². The molecule has 1 atom stereocenters. The number of carbonyl (C=O) groups excluding carboxylic acids is 1. The van der Waals surface area contributed by atoms with Crippen LogP contribution in [0.1, 0.15) is 34.5 Å². The third-order valence-electron chi connectivity index (χ3n) is 4.93. The number of carbonyl (C=O) groups is 1. The number of aromatic nitrogens is 1. The molecule has 0 aliphatic rings. The van der Waals surface area contributed by atoms with Crippen molar-refractivity contribution in [3.05, 3.63) is 115 Å². The molecule has 33 heavy (non-hydrogen) atoms. The molecule has 0 bridgehead atoms. The van der Waals surface area contributed by atoms with Crippen molar-refractivity contribution >= 4 is 23.0 Å². The van der Waals surface area contributed by atoms with Crippen molar-refractivity contribution < 1.29 is 4.79 Å². The number of hydrogen-bond acceptors (Lipinski definition) is 5. The SMILES string of the molecule is C=CC(CNc1ccccc1)=NC=CNC(C)c1cccc(NC(=O)c2cncc(C)c2)c1. The molecule has 168 valence electrons. The van der Waals surface area contributed by atoms with Crippen LogP contribution in [0.3, 0.4) is 0 Å². The van der Waals surface area contributed by atoms with Crippen LogP contribution in [0, 0.1) is 6.92 Å². The highest BCUT2D eigenvalue weighted by atomic mass is 16.1. The van der Waals surface area contributed by atoms with E-state index in [1.807, 2.05) is 74.5 Å². The molecule has 6 heteroatoms. The van der Waals surface area contributed by atoms with Gasteiger partial charge in [0.15, 0.2) is 0 Å². The van der Waals surface area contributed by atoms with Crippen LogP contribution < -0.4 is 16.0 Å². The zero-order chi connectivity index (χ0) is 23.5. The second-order valence-corrected chi connectivity index (χ2v) is 7.58. The fourth-order valence-electron chi connectivity index (χ4n) is 3.10. The topological polar surface area (TPSA) is 78.4 Å². The molecule has 3 N–H and O–H groups in total. The number of pyridine rings is 1. The Kier molecular flexibility index (Phi) is 8.54. The molecule has 6 nitrogen and oxygen atoms in total. The molecule has 1 amide bonds. The van der Waals surface area contributed by atoms with Gasteiger partial charge in [-0.25, -0.2) is 0 Å². The standard InChI is InChI=1S/C27H29N5O/c1-4-24(19-31-25-10-6-5-7-11-25)30-14-13-29-21(3)22-9-8-12-26(16-22)32-27(33)23-15-20(2)17-28-18-23/h4-18,21,29,31H,1,19H2,2-3H3,(H,32,33). The Morgan fingerprint density at radius 2 is 1.88 bits per heavy atom. The summed E-state index contributed by atoms with van der Waals surface area (Å²) in [6, 6.07) is 19.6. The Balaban J connectivity index is 1.54. The molecule has 0 spiro atoms. The molecule has 1 heterocycles. The Labute approximate surface area is 195 Å². The van der Waals surface area contributed by atoms with Crippen molar-refractivity contribution in [2.45, 2.75) is 19.9 Å². The van der Waals surface area contributed by atoms with Gasteiger partial charge in [0.25, 0.3) is 5.91 Å². The molecular formula is C27H29N5O. The number of nitrogens with zero attached hydrogens (tertiary/aromatic N) is 2. The van der Waals surface area contributed by atoms with Crippen molar-refractivity contribution in [2.24, 2.45) is 4.99 Å². The van der Waals surface area contributed by atoms with E-state index in [2.05, 4.69) is 32.5 Å². The maximum atomic E-state index is 12.5. The van der Waals surface area contributed by atoms with Gasteiger partial charge in [-0.05, 0) is 61.4 Å². The minimum absolute atomic E-state index is 0.0311. The quantitative estimate of drug-likeness (QED) is 0.364. The molecule has 0 aliphatic carbocycles. The van der Waals surface area contributed by atoms with E-state index in [-0.39, 0.29) is 11.9 Å². The first-order valence-electron chi connectivity index (χ1n) is 10.8. The van der Waals surface area contributed by atoms with E-state index in [1.165, 1.54) is 0 Å². The van der Waals surface area contributed by atoms with Gasteiger partial charge >= 0.3 is 0 Å². The zero-order valence-electron chi connectivity index (χ0n) is 19.0. The number of rotatable bonds is 10. The zero-order valence-corrected chi connectivity index (χ0v) is 19.0. The van der Waals surface area contributed by atoms with Gasteiger partial charge in [0.1, 0.15) is 0 Å². The van der Waals surface area contributed by atoms with Gasteiger partial charge in [-0.1, -0.05) is 36.9 Å². The average molecular weight is 440 g/mol. The van der Waals surface area contributed by atoms with E-state index >= 15 is 0 Å². The van der Waals surface area contributed by atoms with Crippen LogP contribution in [-0.4, -0.2) is 23.1 Å². The Bertz CT molecular complexity index is 1140. The predicted octanol–water partition coefficient (Wildman–Crippen LogP) is 5.50. The number of aryl methyl sites for hydroxylation is 1. The molecule has 0 fully saturated rings. The summed E-state index contributed by atoms with van der Waals surface area (Å²) in [6.45, 7) is 8.38. The first-order chi connectivity index (χ1) is 16.0. The number of anilines is 2. The molecule has 3 aromatic rings. The maximum absolute atomic E-state index is 12.5. The molecule has 0 saturated heterocycles. The van der Waals surface area contributed by atoms with E-state index < -0.39 is 0 Å². The van der Waals surface area contributed by atoms with E-state index in [4.69, 9.17) is 0 Å². The summed E-state index contributed by atoms with van der Waals surface area (Å²) in [5.74, 6) is -0.181. The van der Waals surface area contributed by atoms with Gasteiger partial charge in [0.05, 0.1) is 17.8 Å². The monoisotopic (exact) mass is 439 g/mol. The lowest BCUT2D eigenvalue weighted by molar-refractivity contribution is 0.102. The first-order valence-corrected chi connectivity index (χ1v) is 10.8. The van der Waals surface area contributed by atoms with Gasteiger partial charge in [-0.3, -0.25) is 14.8 Å². The minimum Gasteiger partial charge on any atom is -0.383 e. The average Bonchev–Trinajstić information content (AvgIpc) is 2.84. The lowest BCUT2D eigenvalue weighted by Crippen LogP contribution is -2.14. The smallest absolute Gasteiger partial charge is 0.257 e. The molecule has 2 aromatic carbocycles. The summed E-state index contributed by atoms with van der Waals surface area (Å²) in [7, 11) is 0. The van der Waals surface area contributed by atoms with E-state index in [9.17, 15) is 4.79 Å². The predicted molar refractivity (Wildman–Crippen MR) is 137 cm³/mol. The molecule has 3 rings (SSSR count). The highest BCUT2D eigenvalue weighted by Crippen LogP contribution is 2.18. The Hall–Kier alpha value is -4.19. The van der Waals surface area contributed by atoms with E-state index in [1.54, 1.807) is 30.9 Å². The van der Waals surface area contributed by atoms with Crippen LogP contribution in [0.2, 0.25) is 0 Å². The van der Waals surface area contributed by atoms with Gasteiger partial charge in [0.2, 0.25) is 0 Å². The van der Waals surface area contributed by atoms with Crippen LogP contribution in [-0.2, 0) is 0 Å². The third kappa shape index (κ3) is 7.47. The summed E-state index contributed by atoms with van der Waals surface area (Å²) >= 11 is 0. The molecule has 0 radical (unpaired) electrons. The summed E-state index contributed by atoms with van der Waals surface area (Å²) < 4.78 is 0. The second-order valence-electron chi connectivity index (χ2n) is 7.58. The third-order valence-corrected chi connectivity index (χ3v) is 4.93. The Morgan fingerprint density at radius 3 is 2.64 bits per heavy atom. The molecule has 1 aromatic heterocycles. The number of amides is 1. The fraction of sp³-hybridized carbons (Fsp3) is 0.148. The normalized spacial score (nSPS) is 12.2. The number of aliphatic imine (C=N–C) groups is 1. The summed E-state index contributed by atoms with van der Waals surface area (Å²) in [4.78, 5) is 21.0. The number of nitrogens with one attached hydrogen (secondary N) is 3. The second kappa shape index (κ2) is 12.0. The summed E-state index contributed by atoms with van der Waals surface area (Å²) in [5, 5.41) is 9.55. The Morgan fingerprint density at radius 1 is 1.09 bits per heavy atom. The van der Waals surface area contributed by atoms with Gasteiger partial charge < -0.3 is 16.0 Å². The summed E-state index contributed by atoms with van der Waals surface area (Å²) in [6.07, 6.45) is 8.55. The van der Waals surface area contributed by atoms with Gasteiger partial charge in [-0.15, -0.1) is 0 Å². The van der Waals surface area contributed by atoms with Crippen LogP contribution in [0.4, 0.5) is 11.4 Å². The highest BCUT2D eigenvalue weighted by Gasteiger charge is 2.09. The maximum Gasteiger partial charge on any atom is 0.257 e. The summed E-state index contributed by atoms with van der Waals surface area (Å²) in [5.41, 5.74) is 5.12. The lowest BCUT2D eigenvalue weighted by Gasteiger charge is -2.14. The largest absolute Gasteiger partial charge is 0.383 e. The number of hydrogen-bond donors (Lipinski definition) is 3.